The van der Waals surface area contributed by atoms with Gasteiger partial charge >= 0.3 is 0 Å². The number of nitro benzene ring substituents is 1. The fraction of sp³-hybridized carbons (Fsp3) is 0.121. The van der Waals surface area contributed by atoms with Gasteiger partial charge in [0.1, 0.15) is 11.5 Å². The number of nitro groups is 1. The number of fused-ring (bicyclic) bond motifs is 6. The number of benzene rings is 4. The van der Waals surface area contributed by atoms with Crippen LogP contribution in [0.2, 0.25) is 5.02 Å². The van der Waals surface area contributed by atoms with Gasteiger partial charge in [0.15, 0.2) is 11.6 Å². The summed E-state index contributed by atoms with van der Waals surface area (Å²) in [7, 11) is 0. The van der Waals surface area contributed by atoms with Gasteiger partial charge in [0, 0.05) is 39.7 Å². The Hall–Kier alpha value is -5.08. The second-order valence-corrected chi connectivity index (χ2v) is 11.0. The number of hydrogen-bond acceptors (Lipinski definition) is 6. The third-order valence-electron chi connectivity index (χ3n) is 8.55. The van der Waals surface area contributed by atoms with E-state index in [4.69, 9.17) is 11.6 Å². The smallest absolute Gasteiger partial charge is 0.270 e. The predicted molar refractivity (Wildman–Crippen MR) is 159 cm³/mol. The minimum atomic E-state index is -1.51. The van der Waals surface area contributed by atoms with Crippen LogP contribution in [0.25, 0.3) is 6.08 Å². The van der Waals surface area contributed by atoms with E-state index in [0.717, 1.165) is 5.56 Å². The minimum absolute atomic E-state index is 0.0526. The van der Waals surface area contributed by atoms with Crippen molar-refractivity contribution in [2.24, 2.45) is 5.92 Å². The highest BCUT2D eigenvalue weighted by molar-refractivity contribution is 6.31. The van der Waals surface area contributed by atoms with E-state index >= 15 is 0 Å². The Labute approximate surface area is 245 Å². The highest BCUT2D eigenvalue weighted by Crippen LogP contribution is 2.58. The molecule has 206 valence electrons. The number of rotatable bonds is 5. The van der Waals surface area contributed by atoms with Gasteiger partial charge in [0.2, 0.25) is 5.91 Å². The largest absolute Gasteiger partial charge is 0.352 e. The lowest BCUT2D eigenvalue weighted by molar-refractivity contribution is -0.384. The number of anilines is 2. The number of ketones is 2. The minimum Gasteiger partial charge on any atom is -0.352 e. The summed E-state index contributed by atoms with van der Waals surface area (Å²) in [5.74, 6) is -2.51. The van der Waals surface area contributed by atoms with Crippen LogP contribution in [0.4, 0.5) is 17.1 Å². The van der Waals surface area contributed by atoms with Crippen LogP contribution < -0.4 is 10.2 Å². The van der Waals surface area contributed by atoms with E-state index in [1.807, 2.05) is 17.1 Å². The average molecular weight is 576 g/mol. The molecule has 0 aliphatic carbocycles. The molecule has 4 aromatic carbocycles. The van der Waals surface area contributed by atoms with Crippen LogP contribution in [0.1, 0.15) is 31.8 Å². The molecule has 0 aromatic heterocycles. The van der Waals surface area contributed by atoms with Crippen molar-refractivity contribution in [2.75, 3.05) is 10.2 Å². The molecular formula is C33H22ClN3O5. The topological polar surface area (TPSA) is 110 Å². The van der Waals surface area contributed by atoms with Crippen LogP contribution in [0.3, 0.4) is 0 Å². The number of Topliss-reactive ketones (excluding diaryl/α,β-unsaturated/α-hetero) is 2. The summed E-state index contributed by atoms with van der Waals surface area (Å²) >= 11 is 6.33. The second-order valence-electron chi connectivity index (χ2n) is 10.6. The van der Waals surface area contributed by atoms with Gasteiger partial charge in [0.05, 0.1) is 16.9 Å². The second kappa shape index (κ2) is 9.49. The molecule has 3 heterocycles. The van der Waals surface area contributed by atoms with Crippen LogP contribution >= 0.6 is 11.6 Å². The summed E-state index contributed by atoms with van der Waals surface area (Å²) in [6.45, 7) is 0. The van der Waals surface area contributed by atoms with Crippen molar-refractivity contribution in [3.8, 4) is 0 Å². The first-order valence-corrected chi connectivity index (χ1v) is 13.7. The molecule has 3 aliphatic heterocycles. The standard InChI is InChI=1S/C33H22ClN3O5/c34-22-14-15-26-20(17-22)13-16-27-33(24-11-4-5-12-25(24)35-32(33)40)28(30(38)21-9-6-10-23(18-21)37(41)42)29(36(26)27)31(39)19-7-2-1-3-8-19/h1-18,27-29H,(H,35,40)/t27-,28-,29-,33-/m1/s1. The fourth-order valence-corrected chi connectivity index (χ4v) is 7.06. The summed E-state index contributed by atoms with van der Waals surface area (Å²) < 4.78 is 0. The summed E-state index contributed by atoms with van der Waals surface area (Å²) in [4.78, 5) is 56.6. The molecule has 9 heteroatoms. The van der Waals surface area contributed by atoms with Crippen molar-refractivity contribution in [3.05, 3.63) is 141 Å². The molecule has 0 unspecified atom stereocenters. The van der Waals surface area contributed by atoms with E-state index in [-0.39, 0.29) is 17.0 Å². The zero-order chi connectivity index (χ0) is 29.2. The number of carbonyl (C=O) groups is 3. The molecule has 0 radical (unpaired) electrons. The molecule has 1 fully saturated rings. The third-order valence-corrected chi connectivity index (χ3v) is 8.78. The highest BCUT2D eigenvalue weighted by Gasteiger charge is 2.70. The molecule has 1 amide bonds. The lowest BCUT2D eigenvalue weighted by atomic mass is 9.64. The van der Waals surface area contributed by atoms with Crippen LogP contribution in [0, 0.1) is 16.0 Å². The number of hydrogen-bond donors (Lipinski definition) is 1. The van der Waals surface area contributed by atoms with Gasteiger partial charge in [-0.25, -0.2) is 0 Å². The fourth-order valence-electron chi connectivity index (χ4n) is 6.88. The molecule has 4 aromatic rings. The summed E-state index contributed by atoms with van der Waals surface area (Å²) in [6, 6.07) is 24.7. The zero-order valence-corrected chi connectivity index (χ0v) is 22.7. The normalized spacial score (nSPS) is 23.2. The van der Waals surface area contributed by atoms with Gasteiger partial charge in [-0.2, -0.15) is 0 Å². The Balaban J connectivity index is 1.54. The van der Waals surface area contributed by atoms with Crippen molar-refractivity contribution >= 4 is 52.2 Å². The van der Waals surface area contributed by atoms with Gasteiger partial charge < -0.3 is 10.2 Å². The number of nitrogens with zero attached hydrogens (tertiary/aromatic N) is 2. The summed E-state index contributed by atoms with van der Waals surface area (Å²) in [5.41, 5.74) is 1.22. The quantitative estimate of drug-likeness (QED) is 0.175. The molecule has 4 atom stereocenters. The van der Waals surface area contributed by atoms with Crippen molar-refractivity contribution in [3.63, 3.8) is 0 Å². The molecule has 1 saturated heterocycles. The Morgan fingerprint density at radius 2 is 1.62 bits per heavy atom. The highest BCUT2D eigenvalue weighted by atomic mass is 35.5. The SMILES string of the molecule is O=C(c1ccccc1)[C@H]1[C@H](C(=O)c2cccc([N+](=O)[O-])c2)[C@]2(C(=O)Nc3ccccc32)[C@H]2C=Cc3cc(Cl)ccc3N12. The van der Waals surface area contributed by atoms with Crippen LogP contribution in [-0.2, 0) is 10.2 Å². The maximum absolute atomic E-state index is 14.8. The lowest BCUT2D eigenvalue weighted by Crippen LogP contribution is -2.51. The van der Waals surface area contributed by atoms with Crippen molar-refractivity contribution < 1.29 is 19.3 Å². The molecular weight excluding hydrogens is 554 g/mol. The Bertz CT molecular complexity index is 1860. The lowest BCUT2D eigenvalue weighted by Gasteiger charge is -2.37. The van der Waals surface area contributed by atoms with E-state index < -0.39 is 40.0 Å². The molecule has 1 spiro atoms. The van der Waals surface area contributed by atoms with Crippen LogP contribution in [0.5, 0.6) is 0 Å². The van der Waals surface area contributed by atoms with Gasteiger partial charge in [-0.3, -0.25) is 24.5 Å². The van der Waals surface area contributed by atoms with Gasteiger partial charge in [0.25, 0.3) is 5.69 Å². The summed E-state index contributed by atoms with van der Waals surface area (Å²) in [5, 5.41) is 15.1. The Morgan fingerprint density at radius 1 is 0.881 bits per heavy atom. The summed E-state index contributed by atoms with van der Waals surface area (Å²) in [6.07, 6.45) is 3.72. The van der Waals surface area contributed by atoms with E-state index in [9.17, 15) is 24.5 Å². The van der Waals surface area contributed by atoms with E-state index in [2.05, 4.69) is 5.32 Å². The molecule has 0 bridgehead atoms. The van der Waals surface area contributed by atoms with E-state index in [1.165, 1.54) is 24.3 Å². The van der Waals surface area contributed by atoms with Gasteiger partial charge in [-0.1, -0.05) is 84.4 Å². The van der Waals surface area contributed by atoms with Crippen molar-refractivity contribution in [1.82, 2.24) is 0 Å². The first kappa shape index (κ1) is 25.9. The van der Waals surface area contributed by atoms with Crippen LogP contribution in [-0.4, -0.2) is 34.5 Å². The number of para-hydroxylation sites is 1. The van der Waals surface area contributed by atoms with Gasteiger partial charge in [-0.05, 0) is 35.4 Å². The van der Waals surface area contributed by atoms with Crippen molar-refractivity contribution in [1.29, 1.82) is 0 Å². The average Bonchev–Trinajstić information content (AvgIpc) is 3.49. The van der Waals surface area contributed by atoms with E-state index in [1.54, 1.807) is 72.8 Å². The molecule has 42 heavy (non-hydrogen) atoms. The number of non-ortho nitro benzene ring substituents is 1. The molecule has 3 aliphatic rings. The maximum atomic E-state index is 14.8. The number of carbonyl (C=O) groups excluding carboxylic acids is 3. The molecule has 1 N–H and O–H groups in total. The van der Waals surface area contributed by atoms with Crippen LogP contribution in [0.15, 0.2) is 103 Å². The monoisotopic (exact) mass is 575 g/mol. The zero-order valence-electron chi connectivity index (χ0n) is 21.9. The molecule has 8 nitrogen and oxygen atoms in total. The molecule has 7 rings (SSSR count). The molecule has 0 saturated carbocycles. The Morgan fingerprint density at radius 3 is 2.40 bits per heavy atom. The maximum Gasteiger partial charge on any atom is 0.270 e. The first-order chi connectivity index (χ1) is 20.3. The first-order valence-electron chi connectivity index (χ1n) is 13.4. The van der Waals surface area contributed by atoms with Gasteiger partial charge in [-0.15, -0.1) is 0 Å². The van der Waals surface area contributed by atoms with Crippen molar-refractivity contribution in [2.45, 2.75) is 17.5 Å². The third kappa shape index (κ3) is 3.58. The number of amides is 1. The Kier molecular flexibility index (Phi) is 5.85. The van der Waals surface area contributed by atoms with E-state index in [0.29, 0.717) is 27.5 Å². The number of nitrogens with one attached hydrogen (secondary N) is 1. The number of halogens is 1. The predicted octanol–water partition coefficient (Wildman–Crippen LogP) is 6.10.